The number of carbonyl (C=O) groups is 2. The van der Waals surface area contributed by atoms with Gasteiger partial charge in [-0.15, -0.1) is 0 Å². The summed E-state index contributed by atoms with van der Waals surface area (Å²) in [5.74, 6) is -1.86. The van der Waals surface area contributed by atoms with Gasteiger partial charge in [0, 0.05) is 5.56 Å². The van der Waals surface area contributed by atoms with Crippen molar-refractivity contribution in [3.63, 3.8) is 0 Å². The van der Waals surface area contributed by atoms with Crippen molar-refractivity contribution in [1.29, 1.82) is 0 Å². The quantitative estimate of drug-likeness (QED) is 0.272. The molecule has 1 aromatic heterocycles. The first-order chi connectivity index (χ1) is 15.5. The molecule has 1 unspecified atom stereocenters. The van der Waals surface area contributed by atoms with E-state index in [-0.39, 0.29) is 22.8 Å². The van der Waals surface area contributed by atoms with Crippen LogP contribution in [0.5, 0.6) is 5.75 Å². The number of amides is 1. The second-order valence-corrected chi connectivity index (χ2v) is 7.74. The average molecular weight is 425 g/mol. The molecule has 158 valence electrons. The SMILES string of the molecule is Cc1ccc(O)c(N2C(=O)C(=O)/C(=C(\O)c3ccc4ccccc4c3)C2c2ccco2)c1. The molecular formula is C26H19NO5. The Balaban J connectivity index is 1.73. The van der Waals surface area contributed by atoms with Crippen LogP contribution < -0.4 is 4.90 Å². The summed E-state index contributed by atoms with van der Waals surface area (Å²) in [4.78, 5) is 27.4. The number of anilines is 1. The molecule has 1 aliphatic heterocycles. The van der Waals surface area contributed by atoms with Crippen molar-refractivity contribution in [2.75, 3.05) is 4.90 Å². The van der Waals surface area contributed by atoms with Gasteiger partial charge in [-0.3, -0.25) is 14.5 Å². The molecule has 0 aliphatic carbocycles. The van der Waals surface area contributed by atoms with Crippen LogP contribution in [0.4, 0.5) is 5.69 Å². The van der Waals surface area contributed by atoms with E-state index in [0.717, 1.165) is 16.3 Å². The zero-order valence-corrected chi connectivity index (χ0v) is 17.1. The predicted octanol–water partition coefficient (Wildman–Crippen LogP) is 5.07. The highest BCUT2D eigenvalue weighted by atomic mass is 16.3. The van der Waals surface area contributed by atoms with Gasteiger partial charge in [0.1, 0.15) is 23.3 Å². The Morgan fingerprint density at radius 3 is 2.47 bits per heavy atom. The molecule has 0 spiro atoms. The number of aryl methyl sites for hydroxylation is 1. The van der Waals surface area contributed by atoms with E-state index in [4.69, 9.17) is 4.42 Å². The molecule has 6 heteroatoms. The number of benzene rings is 3. The third-order valence-corrected chi connectivity index (χ3v) is 5.67. The van der Waals surface area contributed by atoms with Gasteiger partial charge in [-0.05, 0) is 53.6 Å². The summed E-state index contributed by atoms with van der Waals surface area (Å²) < 4.78 is 5.55. The van der Waals surface area contributed by atoms with Crippen molar-refractivity contribution in [2.24, 2.45) is 0 Å². The van der Waals surface area contributed by atoms with Crippen LogP contribution in [0.2, 0.25) is 0 Å². The molecule has 1 fully saturated rings. The van der Waals surface area contributed by atoms with E-state index < -0.39 is 17.7 Å². The van der Waals surface area contributed by atoms with Gasteiger partial charge in [-0.2, -0.15) is 0 Å². The summed E-state index contributed by atoms with van der Waals surface area (Å²) in [6, 6.07) is 20.0. The molecule has 1 amide bonds. The van der Waals surface area contributed by atoms with Crippen LogP contribution in [0.25, 0.3) is 16.5 Å². The molecule has 5 rings (SSSR count). The third-order valence-electron chi connectivity index (χ3n) is 5.67. The van der Waals surface area contributed by atoms with Crippen LogP contribution in [0.3, 0.4) is 0 Å². The number of nitrogens with zero attached hydrogens (tertiary/aromatic N) is 1. The average Bonchev–Trinajstić information content (AvgIpc) is 3.42. The number of furan rings is 1. The first-order valence-electron chi connectivity index (χ1n) is 10.1. The number of phenols is 1. The Morgan fingerprint density at radius 1 is 0.938 bits per heavy atom. The van der Waals surface area contributed by atoms with Gasteiger partial charge >= 0.3 is 0 Å². The minimum Gasteiger partial charge on any atom is -0.507 e. The van der Waals surface area contributed by atoms with Crippen LogP contribution in [0, 0.1) is 6.92 Å². The molecule has 0 radical (unpaired) electrons. The number of hydrogen-bond acceptors (Lipinski definition) is 5. The minimum absolute atomic E-state index is 0.0962. The van der Waals surface area contributed by atoms with Crippen molar-refractivity contribution >= 4 is 33.9 Å². The largest absolute Gasteiger partial charge is 0.507 e. The van der Waals surface area contributed by atoms with Crippen molar-refractivity contribution < 1.29 is 24.2 Å². The molecule has 6 nitrogen and oxygen atoms in total. The summed E-state index contributed by atoms with van der Waals surface area (Å²) >= 11 is 0. The highest BCUT2D eigenvalue weighted by Gasteiger charge is 2.49. The summed E-state index contributed by atoms with van der Waals surface area (Å²) in [5, 5.41) is 23.5. The van der Waals surface area contributed by atoms with Gasteiger partial charge in [0.2, 0.25) is 0 Å². The monoisotopic (exact) mass is 425 g/mol. The third kappa shape index (κ3) is 3.04. The molecule has 0 bridgehead atoms. The van der Waals surface area contributed by atoms with E-state index in [1.165, 1.54) is 17.2 Å². The minimum atomic E-state index is -1.02. The van der Waals surface area contributed by atoms with Gasteiger partial charge in [0.25, 0.3) is 11.7 Å². The van der Waals surface area contributed by atoms with Crippen LogP contribution >= 0.6 is 0 Å². The number of rotatable bonds is 3. The highest BCUT2D eigenvalue weighted by Crippen LogP contribution is 2.45. The summed E-state index contributed by atoms with van der Waals surface area (Å²) in [6.07, 6.45) is 1.43. The molecule has 32 heavy (non-hydrogen) atoms. The van der Waals surface area contributed by atoms with E-state index in [2.05, 4.69) is 0 Å². The maximum atomic E-state index is 13.1. The van der Waals surface area contributed by atoms with Crippen LogP contribution in [0.1, 0.15) is 22.9 Å². The summed E-state index contributed by atoms with van der Waals surface area (Å²) in [7, 11) is 0. The number of phenolic OH excluding ortho intramolecular Hbond substituents is 1. The number of Topliss-reactive ketones (excluding diaryl/α,β-unsaturated/α-hetero) is 1. The maximum Gasteiger partial charge on any atom is 0.300 e. The van der Waals surface area contributed by atoms with Gasteiger partial charge in [-0.25, -0.2) is 0 Å². The number of aromatic hydroxyl groups is 1. The Labute approximate surface area is 183 Å². The Morgan fingerprint density at radius 2 is 1.72 bits per heavy atom. The van der Waals surface area contributed by atoms with Crippen LogP contribution in [-0.2, 0) is 9.59 Å². The predicted molar refractivity (Wildman–Crippen MR) is 120 cm³/mol. The lowest BCUT2D eigenvalue weighted by Crippen LogP contribution is -2.29. The fraction of sp³-hybridized carbons (Fsp3) is 0.0769. The normalized spacial score (nSPS) is 17.9. The van der Waals surface area contributed by atoms with Gasteiger partial charge in [-0.1, -0.05) is 42.5 Å². The number of hydrogen-bond donors (Lipinski definition) is 2. The second kappa shape index (κ2) is 7.42. The van der Waals surface area contributed by atoms with Gasteiger partial charge in [0.05, 0.1) is 17.5 Å². The first kappa shape index (κ1) is 19.6. The molecule has 3 aromatic carbocycles. The molecule has 2 heterocycles. The van der Waals surface area contributed by atoms with Crippen LogP contribution in [-0.4, -0.2) is 21.9 Å². The molecule has 0 saturated carbocycles. The fourth-order valence-corrected chi connectivity index (χ4v) is 4.12. The number of aliphatic hydroxyl groups excluding tert-OH is 1. The van der Waals surface area contributed by atoms with Crippen molar-refractivity contribution in [3.05, 3.63) is 102 Å². The zero-order valence-electron chi connectivity index (χ0n) is 17.1. The first-order valence-corrected chi connectivity index (χ1v) is 10.1. The zero-order chi connectivity index (χ0) is 22.4. The number of carbonyl (C=O) groups excluding carboxylic acids is 2. The van der Waals surface area contributed by atoms with E-state index in [1.807, 2.05) is 37.3 Å². The van der Waals surface area contributed by atoms with Gasteiger partial charge in [0.15, 0.2) is 0 Å². The fourth-order valence-electron chi connectivity index (χ4n) is 4.12. The summed E-state index contributed by atoms with van der Waals surface area (Å²) in [6.45, 7) is 1.82. The van der Waals surface area contributed by atoms with Crippen molar-refractivity contribution in [3.8, 4) is 5.75 Å². The van der Waals surface area contributed by atoms with Gasteiger partial charge < -0.3 is 14.6 Å². The van der Waals surface area contributed by atoms with E-state index in [1.54, 1.807) is 36.4 Å². The highest BCUT2D eigenvalue weighted by molar-refractivity contribution is 6.51. The van der Waals surface area contributed by atoms with Crippen molar-refractivity contribution in [1.82, 2.24) is 0 Å². The molecular weight excluding hydrogens is 406 g/mol. The lowest BCUT2D eigenvalue weighted by molar-refractivity contribution is -0.132. The molecule has 1 atom stereocenters. The smallest absolute Gasteiger partial charge is 0.300 e. The van der Waals surface area contributed by atoms with E-state index >= 15 is 0 Å². The standard InChI is InChI=1S/C26H19NO5/c1-15-8-11-20(28)19(13-15)27-23(21-7-4-12-32-21)22(25(30)26(27)31)24(29)18-10-9-16-5-2-3-6-17(16)14-18/h2-14,23,28-29H,1H3/b24-22-. The Bertz CT molecular complexity index is 1400. The van der Waals surface area contributed by atoms with E-state index in [0.29, 0.717) is 11.3 Å². The second-order valence-electron chi connectivity index (χ2n) is 7.74. The lowest BCUT2D eigenvalue weighted by atomic mass is 9.97. The molecule has 2 N–H and O–H groups in total. The number of fused-ring (bicyclic) bond motifs is 1. The maximum absolute atomic E-state index is 13.1. The topological polar surface area (TPSA) is 91.0 Å². The summed E-state index contributed by atoms with van der Waals surface area (Å²) in [5.41, 5.74) is 1.28. The number of aliphatic hydroxyl groups is 1. The van der Waals surface area contributed by atoms with E-state index in [9.17, 15) is 19.8 Å². The Hall–Kier alpha value is -4.32. The Kier molecular flexibility index (Phi) is 4.56. The van der Waals surface area contributed by atoms with Crippen LogP contribution in [0.15, 0.2) is 89.0 Å². The number of ketones is 1. The molecule has 4 aromatic rings. The van der Waals surface area contributed by atoms with Crippen molar-refractivity contribution in [2.45, 2.75) is 13.0 Å². The molecule has 1 saturated heterocycles. The molecule has 1 aliphatic rings. The lowest BCUT2D eigenvalue weighted by Gasteiger charge is -2.24.